The summed E-state index contributed by atoms with van der Waals surface area (Å²) in [5.74, 6) is -1.13. The number of esters is 1. The number of hydrogen-bond donors (Lipinski definition) is 2. The van der Waals surface area contributed by atoms with Crippen molar-refractivity contribution >= 4 is 17.8 Å². The Morgan fingerprint density at radius 2 is 1.56 bits per heavy atom. The zero-order valence-corrected chi connectivity index (χ0v) is 17.2. The Bertz CT molecular complexity index is 699. The van der Waals surface area contributed by atoms with Crippen LogP contribution in [0.2, 0.25) is 0 Å². The summed E-state index contributed by atoms with van der Waals surface area (Å²) in [5, 5.41) is 0. The molecule has 0 aliphatic carbocycles. The molecule has 2 amide bonds. The quantitative estimate of drug-likeness (QED) is 0.606. The Balaban J connectivity index is 2.72. The molecule has 0 radical (unpaired) electrons. The summed E-state index contributed by atoms with van der Waals surface area (Å²) in [6.07, 6.45) is 0. The van der Waals surface area contributed by atoms with Crippen LogP contribution in [0.3, 0.4) is 0 Å². The predicted molar refractivity (Wildman–Crippen MR) is 102 cm³/mol. The van der Waals surface area contributed by atoms with Crippen LogP contribution in [0.15, 0.2) is 18.2 Å². The number of carbonyl (C=O) groups excluding carboxylic acids is 3. The molecule has 0 bridgehead atoms. The monoisotopic (exact) mass is 378 g/mol. The van der Waals surface area contributed by atoms with Gasteiger partial charge in [0, 0.05) is 6.92 Å². The fraction of sp³-hybridized carbons (Fsp3) is 0.550. The third-order valence-electron chi connectivity index (χ3n) is 3.74. The van der Waals surface area contributed by atoms with E-state index in [1.807, 2.05) is 12.1 Å². The van der Waals surface area contributed by atoms with E-state index in [4.69, 9.17) is 9.47 Å². The largest absolute Gasteiger partial charge is 0.482 e. The van der Waals surface area contributed by atoms with E-state index in [1.54, 1.807) is 0 Å². The first-order chi connectivity index (χ1) is 12.3. The first kappa shape index (κ1) is 22.5. The van der Waals surface area contributed by atoms with Crippen LogP contribution >= 0.6 is 0 Å². The smallest absolute Gasteiger partial charge is 0.344 e. The summed E-state index contributed by atoms with van der Waals surface area (Å²) in [4.78, 5) is 33.9. The lowest BCUT2D eigenvalue weighted by molar-refractivity contribution is -0.150. The SMILES string of the molecule is CC(=O)NNC(=O)COC(=O)COc1ccc(C(C)(C)C)cc1C(C)(C)C. The molecule has 1 rings (SSSR count). The molecule has 7 heteroatoms. The zero-order valence-electron chi connectivity index (χ0n) is 17.2. The van der Waals surface area contributed by atoms with Gasteiger partial charge in [-0.3, -0.25) is 20.4 Å². The third-order valence-corrected chi connectivity index (χ3v) is 3.74. The van der Waals surface area contributed by atoms with Crippen LogP contribution < -0.4 is 15.6 Å². The van der Waals surface area contributed by atoms with Gasteiger partial charge in [-0.15, -0.1) is 0 Å². The molecule has 0 saturated heterocycles. The van der Waals surface area contributed by atoms with Crippen molar-refractivity contribution in [3.8, 4) is 5.75 Å². The van der Waals surface area contributed by atoms with E-state index in [-0.39, 0.29) is 17.4 Å². The van der Waals surface area contributed by atoms with Crippen molar-refractivity contribution in [1.29, 1.82) is 0 Å². The van der Waals surface area contributed by atoms with Gasteiger partial charge >= 0.3 is 5.97 Å². The maximum absolute atomic E-state index is 11.8. The number of rotatable bonds is 5. The van der Waals surface area contributed by atoms with E-state index in [2.05, 4.69) is 58.5 Å². The predicted octanol–water partition coefficient (Wildman–Crippen LogP) is 2.37. The normalized spacial score (nSPS) is 11.5. The molecule has 0 saturated carbocycles. The summed E-state index contributed by atoms with van der Waals surface area (Å²) in [5.41, 5.74) is 6.21. The molecule has 0 aliphatic heterocycles. The fourth-order valence-electron chi connectivity index (χ4n) is 2.23. The topological polar surface area (TPSA) is 93.7 Å². The van der Waals surface area contributed by atoms with Crippen molar-refractivity contribution in [2.24, 2.45) is 0 Å². The van der Waals surface area contributed by atoms with Gasteiger partial charge in [0.1, 0.15) is 5.75 Å². The molecule has 0 atom stereocenters. The Labute approximate surface area is 160 Å². The highest BCUT2D eigenvalue weighted by Gasteiger charge is 2.23. The molecule has 0 unspecified atom stereocenters. The van der Waals surface area contributed by atoms with Gasteiger partial charge in [0.2, 0.25) is 5.91 Å². The highest BCUT2D eigenvalue weighted by atomic mass is 16.6. The van der Waals surface area contributed by atoms with Gasteiger partial charge in [-0.25, -0.2) is 4.79 Å². The van der Waals surface area contributed by atoms with Crippen LogP contribution in [0.4, 0.5) is 0 Å². The fourth-order valence-corrected chi connectivity index (χ4v) is 2.23. The van der Waals surface area contributed by atoms with Crippen LogP contribution in [0.5, 0.6) is 5.75 Å². The van der Waals surface area contributed by atoms with E-state index in [0.717, 1.165) is 5.56 Å². The van der Waals surface area contributed by atoms with Gasteiger partial charge in [0.15, 0.2) is 13.2 Å². The molecule has 0 fully saturated rings. The molecule has 1 aromatic carbocycles. The maximum atomic E-state index is 11.8. The average Bonchev–Trinajstić information content (AvgIpc) is 2.54. The van der Waals surface area contributed by atoms with Crippen molar-refractivity contribution in [1.82, 2.24) is 10.9 Å². The van der Waals surface area contributed by atoms with E-state index >= 15 is 0 Å². The number of amides is 2. The maximum Gasteiger partial charge on any atom is 0.344 e. The number of hydrogen-bond acceptors (Lipinski definition) is 5. The standard InChI is InChI=1S/C20H30N2O5/c1-13(23)21-22-17(24)11-27-18(25)12-26-16-9-8-14(19(2,3)4)10-15(16)20(5,6)7/h8-10H,11-12H2,1-7H3,(H,21,23)(H,22,24). The van der Waals surface area contributed by atoms with Crippen molar-refractivity contribution in [2.75, 3.05) is 13.2 Å². The highest BCUT2D eigenvalue weighted by molar-refractivity contribution is 5.83. The van der Waals surface area contributed by atoms with E-state index in [9.17, 15) is 14.4 Å². The minimum Gasteiger partial charge on any atom is -0.482 e. The second-order valence-corrected chi connectivity index (χ2v) is 8.39. The highest BCUT2D eigenvalue weighted by Crippen LogP contribution is 2.35. The van der Waals surface area contributed by atoms with Gasteiger partial charge < -0.3 is 9.47 Å². The first-order valence-electron chi connectivity index (χ1n) is 8.79. The van der Waals surface area contributed by atoms with Crippen LogP contribution in [-0.4, -0.2) is 31.0 Å². The number of nitrogens with one attached hydrogen (secondary N) is 2. The molecule has 0 aliphatic rings. The van der Waals surface area contributed by atoms with Gasteiger partial charge in [-0.1, -0.05) is 53.7 Å². The summed E-state index contributed by atoms with van der Waals surface area (Å²) in [7, 11) is 0. The number of hydrazine groups is 1. The zero-order chi connectivity index (χ0) is 20.8. The summed E-state index contributed by atoms with van der Waals surface area (Å²) >= 11 is 0. The van der Waals surface area contributed by atoms with Crippen LogP contribution in [0.25, 0.3) is 0 Å². The first-order valence-corrected chi connectivity index (χ1v) is 8.79. The average molecular weight is 378 g/mol. The molecule has 0 spiro atoms. The number of carbonyl (C=O) groups is 3. The molecule has 7 nitrogen and oxygen atoms in total. The van der Waals surface area contributed by atoms with Crippen molar-refractivity contribution in [2.45, 2.75) is 59.3 Å². The van der Waals surface area contributed by atoms with Crippen LogP contribution in [-0.2, 0) is 30.0 Å². The molecular weight excluding hydrogens is 348 g/mol. The lowest BCUT2D eigenvalue weighted by Crippen LogP contribution is -2.42. The Hall–Kier alpha value is -2.57. The second kappa shape index (κ2) is 8.88. The van der Waals surface area contributed by atoms with Crippen molar-refractivity contribution < 1.29 is 23.9 Å². The van der Waals surface area contributed by atoms with E-state index < -0.39 is 24.4 Å². The van der Waals surface area contributed by atoms with Crippen LogP contribution in [0, 0.1) is 0 Å². The molecule has 27 heavy (non-hydrogen) atoms. The lowest BCUT2D eigenvalue weighted by atomic mass is 9.80. The number of ether oxygens (including phenoxy) is 2. The lowest BCUT2D eigenvalue weighted by Gasteiger charge is -2.27. The van der Waals surface area contributed by atoms with E-state index in [1.165, 1.54) is 12.5 Å². The van der Waals surface area contributed by atoms with Gasteiger partial charge in [0.05, 0.1) is 0 Å². The summed E-state index contributed by atoms with van der Waals surface area (Å²) < 4.78 is 10.5. The summed E-state index contributed by atoms with van der Waals surface area (Å²) in [6.45, 7) is 13.1. The van der Waals surface area contributed by atoms with Crippen molar-refractivity contribution in [3.63, 3.8) is 0 Å². The van der Waals surface area contributed by atoms with Gasteiger partial charge in [0.25, 0.3) is 5.91 Å². The molecule has 0 heterocycles. The Morgan fingerprint density at radius 3 is 2.07 bits per heavy atom. The minimum absolute atomic E-state index is 0.00126. The van der Waals surface area contributed by atoms with Crippen molar-refractivity contribution in [3.05, 3.63) is 29.3 Å². The van der Waals surface area contributed by atoms with Gasteiger partial charge in [-0.2, -0.15) is 0 Å². The molecule has 0 aromatic heterocycles. The third kappa shape index (κ3) is 7.68. The second-order valence-electron chi connectivity index (χ2n) is 8.39. The Morgan fingerprint density at radius 1 is 0.926 bits per heavy atom. The molecule has 1 aromatic rings. The molecule has 150 valence electrons. The molecular formula is C20H30N2O5. The Kier molecular flexibility index (Phi) is 7.39. The summed E-state index contributed by atoms with van der Waals surface area (Å²) in [6, 6.07) is 5.94. The minimum atomic E-state index is -0.673. The van der Waals surface area contributed by atoms with Gasteiger partial charge in [-0.05, 0) is 28.0 Å². The van der Waals surface area contributed by atoms with Crippen LogP contribution in [0.1, 0.15) is 59.6 Å². The van der Waals surface area contributed by atoms with E-state index in [0.29, 0.717) is 5.75 Å². The number of benzene rings is 1. The molecule has 2 N–H and O–H groups in total.